The number of carbonyl (C=O) groups is 1. The molecule has 0 aliphatic heterocycles. The van der Waals surface area contributed by atoms with E-state index in [1.807, 2.05) is 37.4 Å². The van der Waals surface area contributed by atoms with Gasteiger partial charge in [0.1, 0.15) is 17.5 Å². The topological polar surface area (TPSA) is 58.2 Å². The third-order valence-corrected chi connectivity index (χ3v) is 4.67. The number of ether oxygens (including phenoxy) is 1. The first-order valence-corrected chi connectivity index (χ1v) is 7.48. The average molecular weight is 299 g/mol. The van der Waals surface area contributed by atoms with Crippen molar-refractivity contribution in [2.75, 3.05) is 7.05 Å². The van der Waals surface area contributed by atoms with Crippen molar-refractivity contribution in [1.82, 2.24) is 15.1 Å². The molecular weight excluding hydrogens is 278 g/mol. The normalized spacial score (nSPS) is 22.7. The minimum Gasteiger partial charge on any atom is -0.490 e. The second-order valence-electron chi connectivity index (χ2n) is 6.38. The second kappa shape index (κ2) is 5.48. The number of carbonyl (C=O) groups excluding carboxylic acids is 1. The molecule has 0 spiro atoms. The number of rotatable bonds is 4. The van der Waals surface area contributed by atoms with Crippen LogP contribution in [0.5, 0.6) is 5.75 Å². The van der Waals surface area contributed by atoms with Crippen molar-refractivity contribution >= 4 is 5.91 Å². The van der Waals surface area contributed by atoms with E-state index in [0.717, 1.165) is 12.2 Å². The molecule has 2 unspecified atom stereocenters. The largest absolute Gasteiger partial charge is 0.490 e. The van der Waals surface area contributed by atoms with E-state index in [1.165, 1.54) is 0 Å². The zero-order chi connectivity index (χ0) is 15.7. The van der Waals surface area contributed by atoms with Gasteiger partial charge in [-0.05, 0) is 18.2 Å². The van der Waals surface area contributed by atoms with Crippen LogP contribution in [0.15, 0.2) is 42.6 Å². The van der Waals surface area contributed by atoms with Crippen LogP contribution in [0.4, 0.5) is 0 Å². The Morgan fingerprint density at radius 2 is 2.05 bits per heavy atom. The smallest absolute Gasteiger partial charge is 0.271 e. The van der Waals surface area contributed by atoms with Crippen LogP contribution in [-0.2, 0) is 0 Å². The summed E-state index contributed by atoms with van der Waals surface area (Å²) in [7, 11) is 1.84. The van der Waals surface area contributed by atoms with Crippen LogP contribution in [-0.4, -0.2) is 40.2 Å². The summed E-state index contributed by atoms with van der Waals surface area (Å²) < 4.78 is 6.06. The third kappa shape index (κ3) is 2.47. The molecule has 1 fully saturated rings. The van der Waals surface area contributed by atoms with Gasteiger partial charge < -0.3 is 9.64 Å². The molecule has 0 saturated heterocycles. The Labute approximate surface area is 130 Å². The number of H-pyrrole nitrogens is 1. The quantitative estimate of drug-likeness (QED) is 0.944. The van der Waals surface area contributed by atoms with Crippen LogP contribution in [0.2, 0.25) is 0 Å². The number of nitrogens with one attached hydrogen (secondary N) is 1. The van der Waals surface area contributed by atoms with E-state index in [2.05, 4.69) is 24.0 Å². The van der Waals surface area contributed by atoms with Crippen molar-refractivity contribution in [3.05, 3.63) is 48.3 Å². The van der Waals surface area contributed by atoms with Crippen molar-refractivity contribution in [1.29, 1.82) is 0 Å². The minimum absolute atomic E-state index is 0.0336. The van der Waals surface area contributed by atoms with E-state index in [-0.39, 0.29) is 23.5 Å². The standard InChI is InChI=1S/C17H21N3O2/c1-17(2)14(20(3)16(21)13-9-10-18-19-13)11-15(17)22-12-7-5-4-6-8-12/h4-10,14-15H,11H2,1-3H3,(H,18,19). The highest BCUT2D eigenvalue weighted by molar-refractivity contribution is 5.92. The first kappa shape index (κ1) is 14.6. The van der Waals surface area contributed by atoms with Crippen molar-refractivity contribution in [2.24, 2.45) is 5.41 Å². The SMILES string of the molecule is CN(C(=O)c1ccn[nH]1)C1CC(Oc2ccccc2)C1(C)C. The number of nitrogens with zero attached hydrogens (tertiary/aromatic N) is 2. The predicted molar refractivity (Wildman–Crippen MR) is 83.7 cm³/mol. The lowest BCUT2D eigenvalue weighted by Gasteiger charge is -2.54. The van der Waals surface area contributed by atoms with Crippen molar-refractivity contribution in [3.63, 3.8) is 0 Å². The molecule has 1 aromatic carbocycles. The lowest BCUT2D eigenvalue weighted by molar-refractivity contribution is -0.0887. The van der Waals surface area contributed by atoms with Crippen LogP contribution in [0.25, 0.3) is 0 Å². The molecule has 1 saturated carbocycles. The Morgan fingerprint density at radius 1 is 1.32 bits per heavy atom. The molecule has 1 amide bonds. The lowest BCUT2D eigenvalue weighted by Crippen LogP contribution is -2.63. The van der Waals surface area contributed by atoms with Gasteiger partial charge in [-0.25, -0.2) is 0 Å². The first-order chi connectivity index (χ1) is 10.5. The summed E-state index contributed by atoms with van der Waals surface area (Å²) in [6.45, 7) is 4.29. The van der Waals surface area contributed by atoms with Gasteiger partial charge in [-0.3, -0.25) is 9.89 Å². The summed E-state index contributed by atoms with van der Waals surface area (Å²) in [6, 6.07) is 11.7. The highest BCUT2D eigenvalue weighted by atomic mass is 16.5. The molecule has 1 aromatic heterocycles. The monoisotopic (exact) mass is 299 g/mol. The van der Waals surface area contributed by atoms with Gasteiger partial charge in [0.2, 0.25) is 0 Å². The zero-order valence-corrected chi connectivity index (χ0v) is 13.1. The summed E-state index contributed by atoms with van der Waals surface area (Å²) in [5, 5.41) is 6.57. The van der Waals surface area contributed by atoms with E-state index in [0.29, 0.717) is 5.69 Å². The predicted octanol–water partition coefficient (Wildman–Crippen LogP) is 2.73. The third-order valence-electron chi connectivity index (χ3n) is 4.67. The van der Waals surface area contributed by atoms with Crippen LogP contribution < -0.4 is 4.74 Å². The van der Waals surface area contributed by atoms with E-state index in [1.54, 1.807) is 17.2 Å². The molecule has 5 heteroatoms. The molecule has 2 atom stereocenters. The fourth-order valence-electron chi connectivity index (χ4n) is 3.09. The van der Waals surface area contributed by atoms with E-state index in [4.69, 9.17) is 4.74 Å². The molecule has 1 N–H and O–H groups in total. The molecule has 1 aliphatic carbocycles. The van der Waals surface area contributed by atoms with E-state index < -0.39 is 0 Å². The molecule has 2 aromatic rings. The molecule has 3 rings (SSSR count). The van der Waals surface area contributed by atoms with Gasteiger partial charge in [0, 0.05) is 31.1 Å². The number of amides is 1. The summed E-state index contributed by atoms with van der Waals surface area (Å²) >= 11 is 0. The van der Waals surface area contributed by atoms with Gasteiger partial charge in [0.25, 0.3) is 5.91 Å². The van der Waals surface area contributed by atoms with Crippen molar-refractivity contribution < 1.29 is 9.53 Å². The molecule has 22 heavy (non-hydrogen) atoms. The average Bonchev–Trinajstić information content (AvgIpc) is 3.05. The molecule has 1 heterocycles. The van der Waals surface area contributed by atoms with Crippen LogP contribution >= 0.6 is 0 Å². The van der Waals surface area contributed by atoms with E-state index >= 15 is 0 Å². The maximum atomic E-state index is 12.4. The van der Waals surface area contributed by atoms with Crippen LogP contribution in [0.1, 0.15) is 30.8 Å². The van der Waals surface area contributed by atoms with Crippen LogP contribution in [0, 0.1) is 5.41 Å². The molecule has 1 aliphatic rings. The highest BCUT2D eigenvalue weighted by Gasteiger charge is 2.53. The Balaban J connectivity index is 1.67. The van der Waals surface area contributed by atoms with Crippen molar-refractivity contribution in [2.45, 2.75) is 32.4 Å². The van der Waals surface area contributed by atoms with Gasteiger partial charge in [0.15, 0.2) is 0 Å². The molecule has 116 valence electrons. The Bertz CT molecular complexity index is 637. The molecule has 5 nitrogen and oxygen atoms in total. The maximum absolute atomic E-state index is 12.4. The lowest BCUT2D eigenvalue weighted by atomic mass is 9.63. The fraction of sp³-hybridized carbons (Fsp3) is 0.412. The van der Waals surface area contributed by atoms with E-state index in [9.17, 15) is 4.79 Å². The maximum Gasteiger partial charge on any atom is 0.271 e. The zero-order valence-electron chi connectivity index (χ0n) is 13.1. The summed E-state index contributed by atoms with van der Waals surface area (Å²) in [5.74, 6) is 0.843. The Morgan fingerprint density at radius 3 is 2.64 bits per heavy atom. The summed E-state index contributed by atoms with van der Waals surface area (Å²) in [4.78, 5) is 14.2. The number of aromatic nitrogens is 2. The molecule has 0 bridgehead atoms. The number of para-hydroxylation sites is 1. The van der Waals surface area contributed by atoms with Gasteiger partial charge >= 0.3 is 0 Å². The Hall–Kier alpha value is -2.30. The number of hydrogen-bond donors (Lipinski definition) is 1. The van der Waals surface area contributed by atoms with Gasteiger partial charge in [-0.15, -0.1) is 0 Å². The van der Waals surface area contributed by atoms with Crippen LogP contribution in [0.3, 0.4) is 0 Å². The Kier molecular flexibility index (Phi) is 3.64. The van der Waals surface area contributed by atoms with Gasteiger partial charge in [-0.2, -0.15) is 5.10 Å². The molecule has 0 radical (unpaired) electrons. The van der Waals surface area contributed by atoms with Crippen molar-refractivity contribution in [3.8, 4) is 5.75 Å². The van der Waals surface area contributed by atoms with Gasteiger partial charge in [0.05, 0.1) is 0 Å². The fourth-order valence-corrected chi connectivity index (χ4v) is 3.09. The first-order valence-electron chi connectivity index (χ1n) is 7.48. The second-order valence-corrected chi connectivity index (χ2v) is 6.38. The number of benzene rings is 1. The minimum atomic E-state index is -0.0970. The van der Waals surface area contributed by atoms with Gasteiger partial charge in [-0.1, -0.05) is 32.0 Å². The number of aromatic amines is 1. The summed E-state index contributed by atoms with van der Waals surface area (Å²) in [6.07, 6.45) is 2.53. The highest BCUT2D eigenvalue weighted by Crippen LogP contribution is 2.45. The molecular formula is C17H21N3O2. The summed E-state index contributed by atoms with van der Waals surface area (Å²) in [5.41, 5.74) is 0.422. The number of hydrogen-bond acceptors (Lipinski definition) is 3.